The lowest BCUT2D eigenvalue weighted by atomic mass is 10.1. The van der Waals surface area contributed by atoms with Crippen LogP contribution in [0.4, 0.5) is 0 Å². The van der Waals surface area contributed by atoms with Crippen LogP contribution in [0.15, 0.2) is 29.2 Å². The highest BCUT2D eigenvalue weighted by Crippen LogP contribution is 2.13. The second-order valence-electron chi connectivity index (χ2n) is 12.2. The Morgan fingerprint density at radius 1 is 0.429 bits per heavy atom. The van der Waals surface area contributed by atoms with Gasteiger partial charge in [0.2, 0.25) is 0 Å². The zero-order chi connectivity index (χ0) is 40.5. The van der Waals surface area contributed by atoms with Gasteiger partial charge < -0.3 is 56.8 Å². The van der Waals surface area contributed by atoms with Crippen LogP contribution in [0.3, 0.4) is 0 Å². The fourth-order valence-electron chi connectivity index (χ4n) is 4.44. The Balaban J connectivity index is 1.66. The maximum absolute atomic E-state index is 12.1. The zero-order valence-corrected chi connectivity index (χ0v) is 34.8. The van der Waals surface area contributed by atoms with E-state index in [9.17, 15) is 13.2 Å². The summed E-state index contributed by atoms with van der Waals surface area (Å²) in [5.41, 5.74) is 0.972. The molecule has 0 aromatic heterocycles. The summed E-state index contributed by atoms with van der Waals surface area (Å²) >= 11 is 0. The largest absolute Gasteiger partial charge is 0.463 e. The minimum atomic E-state index is -3.78. The summed E-state index contributed by atoms with van der Waals surface area (Å²) in [5.74, 6) is -0.155. The minimum absolute atomic E-state index is 0.0641. The molecule has 0 heterocycles. The monoisotopic (exact) mass is 826 g/mol. The predicted molar refractivity (Wildman–Crippen MR) is 208 cm³/mol. The number of unbranched alkanes of at least 4 members (excludes halogenated alkanes) is 4. The summed E-state index contributed by atoms with van der Waals surface area (Å²) in [5, 5.41) is 0. The van der Waals surface area contributed by atoms with Crippen molar-refractivity contribution < 1.29 is 74.2 Å². The Bertz CT molecular complexity index is 1090. The summed E-state index contributed by atoms with van der Waals surface area (Å²) < 4.78 is 94.3. The summed E-state index contributed by atoms with van der Waals surface area (Å²) in [6.45, 7) is 13.8. The maximum atomic E-state index is 12.1. The van der Waals surface area contributed by atoms with Crippen molar-refractivity contribution in [3.8, 4) is 0 Å². The number of hydrogen-bond acceptors (Lipinski definition) is 16. The normalized spacial score (nSPS) is 11.8. The van der Waals surface area contributed by atoms with Crippen molar-refractivity contribution in [3.05, 3.63) is 29.8 Å². The SMILES string of the molecule is CCCCCCCC(=O)OCCOCCOCCOCCOCCOCCOCCOCCOCCOCCOCCOCCOS(=O)(=O)c1ccc(C)cc1. The lowest BCUT2D eigenvalue weighted by molar-refractivity contribution is -0.145. The molecule has 0 atom stereocenters. The highest BCUT2D eigenvalue weighted by Gasteiger charge is 2.14. The van der Waals surface area contributed by atoms with E-state index in [-0.39, 0.29) is 30.7 Å². The van der Waals surface area contributed by atoms with E-state index >= 15 is 0 Å². The molecule has 0 aliphatic carbocycles. The van der Waals surface area contributed by atoms with Crippen LogP contribution in [0.2, 0.25) is 0 Å². The third-order valence-corrected chi connectivity index (χ3v) is 8.80. The number of esters is 1. The number of carbonyl (C=O) groups is 1. The first-order chi connectivity index (χ1) is 27.5. The summed E-state index contributed by atoms with van der Waals surface area (Å²) in [6.07, 6.45) is 6.03. The van der Waals surface area contributed by atoms with Crippen LogP contribution in [0.1, 0.15) is 51.0 Å². The van der Waals surface area contributed by atoms with Gasteiger partial charge in [-0.1, -0.05) is 50.3 Å². The second-order valence-corrected chi connectivity index (χ2v) is 13.8. The Kier molecular flexibility index (Phi) is 37.2. The third-order valence-electron chi connectivity index (χ3n) is 7.47. The van der Waals surface area contributed by atoms with E-state index < -0.39 is 10.1 Å². The Hall–Kier alpha value is -1.84. The molecule has 0 aliphatic heterocycles. The number of ether oxygens (including phenoxy) is 12. The van der Waals surface area contributed by atoms with Crippen molar-refractivity contribution in [3.63, 3.8) is 0 Å². The van der Waals surface area contributed by atoms with Crippen LogP contribution in [-0.4, -0.2) is 173 Å². The van der Waals surface area contributed by atoms with E-state index in [0.29, 0.717) is 145 Å². The maximum Gasteiger partial charge on any atom is 0.305 e. The Labute approximate surface area is 335 Å². The van der Waals surface area contributed by atoms with Crippen molar-refractivity contribution in [2.45, 2.75) is 57.3 Å². The molecular weight excluding hydrogens is 756 g/mol. The fourth-order valence-corrected chi connectivity index (χ4v) is 5.33. The van der Waals surface area contributed by atoms with E-state index in [2.05, 4.69) is 6.92 Å². The van der Waals surface area contributed by atoms with Gasteiger partial charge in [-0.15, -0.1) is 0 Å². The van der Waals surface area contributed by atoms with Gasteiger partial charge in [-0.25, -0.2) is 0 Å². The van der Waals surface area contributed by atoms with E-state index in [1.165, 1.54) is 31.4 Å². The Morgan fingerprint density at radius 2 is 0.732 bits per heavy atom. The van der Waals surface area contributed by atoms with Crippen LogP contribution < -0.4 is 0 Å². The van der Waals surface area contributed by atoms with Crippen LogP contribution in [0, 0.1) is 6.92 Å². The smallest absolute Gasteiger partial charge is 0.305 e. The van der Waals surface area contributed by atoms with Gasteiger partial charge in [-0.2, -0.15) is 8.42 Å². The second kappa shape index (κ2) is 40.0. The van der Waals surface area contributed by atoms with E-state index in [4.69, 9.17) is 61.0 Å². The van der Waals surface area contributed by atoms with Crippen LogP contribution in [0.25, 0.3) is 0 Å². The fraction of sp³-hybridized carbons (Fsp3) is 0.821. The molecule has 17 heteroatoms. The number of benzene rings is 1. The third kappa shape index (κ3) is 35.3. The van der Waals surface area contributed by atoms with E-state index in [1.807, 2.05) is 6.92 Å². The van der Waals surface area contributed by atoms with Gasteiger partial charge in [0, 0.05) is 6.42 Å². The molecular formula is C39H70O16S. The summed E-state index contributed by atoms with van der Waals surface area (Å²) in [6, 6.07) is 6.47. The molecule has 0 spiro atoms. The zero-order valence-electron chi connectivity index (χ0n) is 34.0. The van der Waals surface area contributed by atoms with Crippen LogP contribution >= 0.6 is 0 Å². The Morgan fingerprint density at radius 3 is 1.07 bits per heavy atom. The quantitative estimate of drug-likeness (QED) is 0.0529. The summed E-state index contributed by atoms with van der Waals surface area (Å²) in [4.78, 5) is 11.8. The molecule has 0 unspecified atom stereocenters. The number of hydrogen-bond donors (Lipinski definition) is 0. The van der Waals surface area contributed by atoms with Crippen molar-refractivity contribution in [2.24, 2.45) is 0 Å². The number of aryl methyl sites for hydroxylation is 1. The molecule has 0 radical (unpaired) electrons. The molecule has 0 bridgehead atoms. The molecule has 328 valence electrons. The first kappa shape index (κ1) is 52.2. The van der Waals surface area contributed by atoms with Gasteiger partial charge in [0.15, 0.2) is 0 Å². The molecule has 0 N–H and O–H groups in total. The number of rotatable bonds is 44. The average molecular weight is 827 g/mol. The van der Waals surface area contributed by atoms with Crippen LogP contribution in [-0.2, 0) is 75.9 Å². The van der Waals surface area contributed by atoms with Crippen LogP contribution in [0.5, 0.6) is 0 Å². The molecule has 0 amide bonds. The molecule has 1 rings (SSSR count). The van der Waals surface area contributed by atoms with Crippen molar-refractivity contribution in [2.75, 3.05) is 159 Å². The van der Waals surface area contributed by atoms with Gasteiger partial charge >= 0.3 is 5.97 Å². The summed E-state index contributed by atoms with van der Waals surface area (Å²) in [7, 11) is -3.78. The van der Waals surface area contributed by atoms with E-state index in [1.54, 1.807) is 12.1 Å². The lowest BCUT2D eigenvalue weighted by Gasteiger charge is -2.09. The number of carbonyl (C=O) groups excluding carboxylic acids is 1. The standard InChI is InChI=1S/C39H70O16S/c1-3-4-5-6-7-8-39(40)54-35-33-52-31-29-50-27-25-48-23-21-46-19-17-44-15-13-43-14-16-45-18-20-47-22-24-49-26-28-51-30-32-53-34-36-55-56(41,42)38-11-9-37(2)10-12-38/h9-12H,3-8,13-36H2,1-2H3. The van der Waals surface area contributed by atoms with Gasteiger partial charge in [-0.3, -0.25) is 8.98 Å². The minimum Gasteiger partial charge on any atom is -0.463 e. The van der Waals surface area contributed by atoms with Gasteiger partial charge in [0.05, 0.1) is 157 Å². The van der Waals surface area contributed by atoms with Gasteiger partial charge in [-0.05, 0) is 25.5 Å². The first-order valence-corrected chi connectivity index (χ1v) is 21.3. The van der Waals surface area contributed by atoms with Crippen molar-refractivity contribution in [1.82, 2.24) is 0 Å². The van der Waals surface area contributed by atoms with E-state index in [0.717, 1.165) is 18.4 Å². The van der Waals surface area contributed by atoms with Gasteiger partial charge in [0.25, 0.3) is 10.1 Å². The predicted octanol–water partition coefficient (Wildman–Crippen LogP) is 3.79. The molecule has 56 heavy (non-hydrogen) atoms. The molecule has 0 saturated carbocycles. The van der Waals surface area contributed by atoms with Crippen molar-refractivity contribution >= 4 is 16.1 Å². The molecule has 1 aromatic carbocycles. The van der Waals surface area contributed by atoms with Crippen molar-refractivity contribution in [1.29, 1.82) is 0 Å². The average Bonchev–Trinajstić information content (AvgIpc) is 3.19. The highest BCUT2D eigenvalue weighted by molar-refractivity contribution is 7.86. The first-order valence-electron chi connectivity index (χ1n) is 19.9. The van der Waals surface area contributed by atoms with Gasteiger partial charge in [0.1, 0.15) is 6.61 Å². The molecule has 0 saturated heterocycles. The molecule has 0 aliphatic rings. The molecule has 16 nitrogen and oxygen atoms in total. The molecule has 0 fully saturated rings. The lowest BCUT2D eigenvalue weighted by Crippen LogP contribution is -2.16. The molecule has 1 aromatic rings. The topological polar surface area (TPSA) is 171 Å². The highest BCUT2D eigenvalue weighted by atomic mass is 32.2.